The monoisotopic (exact) mass is 418 g/mol. The molecule has 2 aliphatic carbocycles. The van der Waals surface area contributed by atoms with Crippen LogP contribution < -0.4 is 0 Å². The van der Waals surface area contributed by atoms with E-state index in [4.69, 9.17) is 4.74 Å². The summed E-state index contributed by atoms with van der Waals surface area (Å²) in [7, 11) is 0. The molecule has 0 aliphatic heterocycles. The summed E-state index contributed by atoms with van der Waals surface area (Å²) in [6.07, 6.45) is 13.9. The molecule has 0 N–H and O–H groups in total. The van der Waals surface area contributed by atoms with Crippen molar-refractivity contribution in [3.63, 3.8) is 0 Å². The highest BCUT2D eigenvalue weighted by Crippen LogP contribution is 2.34. The molecule has 2 aromatic rings. The molecule has 4 rings (SSSR count). The van der Waals surface area contributed by atoms with Crippen LogP contribution in [-0.2, 0) is 4.74 Å². The zero-order chi connectivity index (χ0) is 21.5. The van der Waals surface area contributed by atoms with E-state index in [-0.39, 0.29) is 0 Å². The minimum absolute atomic E-state index is 0.446. The van der Waals surface area contributed by atoms with Gasteiger partial charge in [-0.2, -0.15) is 0 Å². The van der Waals surface area contributed by atoms with Crippen molar-refractivity contribution < 1.29 is 4.74 Å². The topological polar surface area (TPSA) is 9.23 Å². The summed E-state index contributed by atoms with van der Waals surface area (Å²) in [5.74, 6) is 2.47. The van der Waals surface area contributed by atoms with Crippen LogP contribution in [0.5, 0.6) is 0 Å². The van der Waals surface area contributed by atoms with Crippen LogP contribution >= 0.6 is 0 Å². The minimum Gasteiger partial charge on any atom is -0.380 e. The van der Waals surface area contributed by atoms with Gasteiger partial charge < -0.3 is 4.74 Å². The average Bonchev–Trinajstić information content (AvgIpc) is 2.85. The second-order valence-corrected chi connectivity index (χ2v) is 10.3. The highest BCUT2D eigenvalue weighted by atomic mass is 16.5. The third kappa shape index (κ3) is 6.22. The molecule has 1 heteroatoms. The standard InChI is InChI=1S/C30H42O/c1-23(25-13-17-29(18-14-25)27-9-5-3-6-10-27)21-31-22-24(2)26-15-19-30(20-16-26)28-11-7-4-8-12-28/h13-20,23-24,27-28H,3-12,21-22H2,1-2H3. The van der Waals surface area contributed by atoms with Crippen molar-refractivity contribution in [3.8, 4) is 0 Å². The van der Waals surface area contributed by atoms with Gasteiger partial charge in [0.25, 0.3) is 0 Å². The largest absolute Gasteiger partial charge is 0.380 e. The highest BCUT2D eigenvalue weighted by Gasteiger charge is 2.17. The zero-order valence-corrected chi connectivity index (χ0v) is 19.8. The molecule has 0 amide bonds. The third-order valence-electron chi connectivity index (χ3n) is 7.90. The smallest absolute Gasteiger partial charge is 0.0532 e. The summed E-state index contributed by atoms with van der Waals surface area (Å²) >= 11 is 0. The molecular formula is C30H42O. The first-order valence-corrected chi connectivity index (χ1v) is 13.0. The van der Waals surface area contributed by atoms with Crippen LogP contribution in [0.2, 0.25) is 0 Å². The molecule has 2 atom stereocenters. The lowest BCUT2D eigenvalue weighted by atomic mass is 9.83. The fourth-order valence-corrected chi connectivity index (χ4v) is 5.68. The van der Waals surface area contributed by atoms with Crippen LogP contribution in [0.1, 0.15) is 124 Å². The Hall–Kier alpha value is -1.60. The molecule has 1 nitrogen and oxygen atoms in total. The van der Waals surface area contributed by atoms with Crippen molar-refractivity contribution in [1.29, 1.82) is 0 Å². The molecule has 168 valence electrons. The van der Waals surface area contributed by atoms with Gasteiger partial charge in [0.2, 0.25) is 0 Å². The average molecular weight is 419 g/mol. The molecule has 0 aromatic heterocycles. The van der Waals surface area contributed by atoms with Crippen LogP contribution in [0.3, 0.4) is 0 Å². The third-order valence-corrected chi connectivity index (χ3v) is 7.90. The Morgan fingerprint density at radius 1 is 0.581 bits per heavy atom. The molecule has 2 fully saturated rings. The number of ether oxygens (including phenoxy) is 1. The van der Waals surface area contributed by atoms with Gasteiger partial charge >= 0.3 is 0 Å². The zero-order valence-electron chi connectivity index (χ0n) is 19.8. The lowest BCUT2D eigenvalue weighted by Crippen LogP contribution is -2.11. The maximum Gasteiger partial charge on any atom is 0.0532 e. The first-order valence-electron chi connectivity index (χ1n) is 13.0. The second-order valence-electron chi connectivity index (χ2n) is 10.3. The summed E-state index contributed by atoms with van der Waals surface area (Å²) in [6.45, 7) is 6.18. The van der Waals surface area contributed by atoms with Gasteiger partial charge in [0.15, 0.2) is 0 Å². The maximum absolute atomic E-state index is 6.16. The fourth-order valence-electron chi connectivity index (χ4n) is 5.68. The van der Waals surface area contributed by atoms with E-state index in [1.165, 1.54) is 75.3 Å². The molecule has 0 spiro atoms. The van der Waals surface area contributed by atoms with Crippen LogP contribution in [0, 0.1) is 0 Å². The number of rotatable bonds is 8. The van der Waals surface area contributed by atoms with E-state index in [1.54, 1.807) is 11.1 Å². The number of benzene rings is 2. The quantitative estimate of drug-likeness (QED) is 0.416. The minimum atomic E-state index is 0.446. The van der Waals surface area contributed by atoms with E-state index in [1.807, 2.05) is 0 Å². The molecule has 0 bridgehead atoms. The summed E-state index contributed by atoms with van der Waals surface area (Å²) in [6, 6.07) is 18.8. The predicted octanol–water partition coefficient (Wildman–Crippen LogP) is 8.71. The van der Waals surface area contributed by atoms with Gasteiger partial charge in [-0.05, 0) is 59.8 Å². The predicted molar refractivity (Wildman–Crippen MR) is 132 cm³/mol. The summed E-state index contributed by atoms with van der Waals surface area (Å²) in [5.41, 5.74) is 5.90. The summed E-state index contributed by atoms with van der Waals surface area (Å²) < 4.78 is 6.16. The SMILES string of the molecule is CC(COCC(C)c1ccc(C2CCCCC2)cc1)c1ccc(C2CCCCC2)cc1. The van der Waals surface area contributed by atoms with E-state index >= 15 is 0 Å². The molecule has 2 aromatic carbocycles. The first-order chi connectivity index (χ1) is 15.2. The number of hydrogen-bond acceptors (Lipinski definition) is 1. The van der Waals surface area contributed by atoms with E-state index < -0.39 is 0 Å². The van der Waals surface area contributed by atoms with E-state index in [2.05, 4.69) is 62.4 Å². The molecule has 2 aliphatic rings. The van der Waals surface area contributed by atoms with Gasteiger partial charge in [0.1, 0.15) is 0 Å². The Kier molecular flexibility index (Phi) is 8.25. The maximum atomic E-state index is 6.16. The molecular weight excluding hydrogens is 376 g/mol. The lowest BCUT2D eigenvalue weighted by Gasteiger charge is -2.23. The molecule has 0 heterocycles. The Bertz CT molecular complexity index is 696. The molecule has 2 unspecified atom stereocenters. The Balaban J connectivity index is 1.22. The van der Waals surface area contributed by atoms with Gasteiger partial charge in [0, 0.05) is 11.8 Å². The van der Waals surface area contributed by atoms with Gasteiger partial charge in [-0.25, -0.2) is 0 Å². The second kappa shape index (κ2) is 11.3. The van der Waals surface area contributed by atoms with Gasteiger partial charge in [-0.1, -0.05) is 101 Å². The molecule has 0 radical (unpaired) electrons. The summed E-state index contributed by atoms with van der Waals surface area (Å²) in [4.78, 5) is 0. The van der Waals surface area contributed by atoms with E-state index in [0.717, 1.165) is 25.0 Å². The Labute approximate surface area is 190 Å². The summed E-state index contributed by atoms with van der Waals surface area (Å²) in [5, 5.41) is 0. The normalized spacial score (nSPS) is 20.5. The van der Waals surface area contributed by atoms with Crippen molar-refractivity contribution in [1.82, 2.24) is 0 Å². The van der Waals surface area contributed by atoms with Crippen LogP contribution in [-0.4, -0.2) is 13.2 Å². The van der Waals surface area contributed by atoms with Crippen molar-refractivity contribution in [2.24, 2.45) is 0 Å². The van der Waals surface area contributed by atoms with Crippen LogP contribution in [0.4, 0.5) is 0 Å². The highest BCUT2D eigenvalue weighted by molar-refractivity contribution is 5.29. The van der Waals surface area contributed by atoms with Crippen molar-refractivity contribution in [3.05, 3.63) is 70.8 Å². The van der Waals surface area contributed by atoms with Gasteiger partial charge in [-0.3, -0.25) is 0 Å². The van der Waals surface area contributed by atoms with Crippen molar-refractivity contribution >= 4 is 0 Å². The van der Waals surface area contributed by atoms with Gasteiger partial charge in [-0.15, -0.1) is 0 Å². The van der Waals surface area contributed by atoms with Gasteiger partial charge in [0.05, 0.1) is 13.2 Å². The van der Waals surface area contributed by atoms with E-state index in [9.17, 15) is 0 Å². The van der Waals surface area contributed by atoms with E-state index in [0.29, 0.717) is 11.8 Å². The lowest BCUT2D eigenvalue weighted by molar-refractivity contribution is 0.113. The Morgan fingerprint density at radius 3 is 1.29 bits per heavy atom. The Morgan fingerprint density at radius 2 is 0.935 bits per heavy atom. The fraction of sp³-hybridized carbons (Fsp3) is 0.600. The van der Waals surface area contributed by atoms with Crippen LogP contribution in [0.25, 0.3) is 0 Å². The molecule has 31 heavy (non-hydrogen) atoms. The first kappa shape index (κ1) is 22.6. The number of hydrogen-bond donors (Lipinski definition) is 0. The molecule has 2 saturated carbocycles. The molecule has 0 saturated heterocycles. The van der Waals surface area contributed by atoms with Crippen molar-refractivity contribution in [2.75, 3.05) is 13.2 Å². The van der Waals surface area contributed by atoms with Crippen molar-refractivity contribution in [2.45, 2.75) is 102 Å². The van der Waals surface area contributed by atoms with Crippen LogP contribution in [0.15, 0.2) is 48.5 Å².